The molecule has 0 bridgehead atoms. The fraction of sp³-hybridized carbons (Fsp3) is 0.462. The molecule has 2 amide bonds. The molecule has 0 aromatic heterocycles. The number of amides is 2. The van der Waals surface area contributed by atoms with Gasteiger partial charge in [-0.15, -0.1) is 0 Å². The van der Waals surface area contributed by atoms with Crippen molar-refractivity contribution in [1.82, 2.24) is 15.1 Å². The van der Waals surface area contributed by atoms with Crippen molar-refractivity contribution in [2.24, 2.45) is 11.8 Å². The molecule has 2 fully saturated rings. The Bertz CT molecular complexity index is 953. The first-order valence-corrected chi connectivity index (χ1v) is 12.1. The Labute approximate surface area is 199 Å². The van der Waals surface area contributed by atoms with Crippen LogP contribution in [0.1, 0.15) is 48.1 Å². The average molecular weight is 472 g/mol. The first-order valence-electron chi connectivity index (χ1n) is 11.8. The van der Waals surface area contributed by atoms with E-state index in [-0.39, 0.29) is 28.4 Å². The van der Waals surface area contributed by atoms with Crippen molar-refractivity contribution in [3.05, 3.63) is 70.5 Å². The highest BCUT2D eigenvalue weighted by Gasteiger charge is 2.42. The van der Waals surface area contributed by atoms with Gasteiger partial charge in [0.1, 0.15) is 5.82 Å². The molecule has 3 atom stereocenters. The van der Waals surface area contributed by atoms with Crippen LogP contribution in [-0.2, 0) is 4.79 Å². The Hall–Kier alpha value is -2.44. The molecule has 176 valence electrons. The standard InChI is InChI=1S/C26H31ClFN3O2/c1-2-7-24(32)29-23(18-8-4-3-5-9-18)12-13-30-14-19-16-31(17-20(19)15-30)26(33)25-21(27)10-6-11-22(25)28/h3-6,8-11,19-20,23H,2,7,12-17H2,1H3,(H,29,32)/t19-,20?,23?/m0/s1. The summed E-state index contributed by atoms with van der Waals surface area (Å²) in [6, 6.07) is 14.4. The summed E-state index contributed by atoms with van der Waals surface area (Å²) >= 11 is 6.10. The van der Waals surface area contributed by atoms with Gasteiger partial charge in [0.05, 0.1) is 16.6 Å². The Morgan fingerprint density at radius 1 is 1.06 bits per heavy atom. The fourth-order valence-electron chi connectivity index (χ4n) is 5.11. The first kappa shape index (κ1) is 23.7. The summed E-state index contributed by atoms with van der Waals surface area (Å²) < 4.78 is 14.2. The Morgan fingerprint density at radius 2 is 1.76 bits per heavy atom. The molecule has 2 saturated heterocycles. The summed E-state index contributed by atoms with van der Waals surface area (Å²) in [4.78, 5) is 29.3. The van der Waals surface area contributed by atoms with Crippen LogP contribution in [0, 0.1) is 17.7 Å². The molecule has 2 aromatic rings. The van der Waals surface area contributed by atoms with Gasteiger partial charge in [-0.25, -0.2) is 4.39 Å². The van der Waals surface area contributed by atoms with Crippen molar-refractivity contribution in [3.8, 4) is 0 Å². The number of nitrogens with one attached hydrogen (secondary N) is 1. The lowest BCUT2D eigenvalue weighted by atomic mass is 10.0. The third-order valence-corrected chi connectivity index (χ3v) is 7.09. The number of carbonyl (C=O) groups excluding carboxylic acids is 2. The van der Waals surface area contributed by atoms with E-state index in [1.165, 1.54) is 12.1 Å². The molecule has 1 N–H and O–H groups in total. The number of nitrogens with zero attached hydrogens (tertiary/aromatic N) is 2. The Morgan fingerprint density at radius 3 is 2.39 bits per heavy atom. The molecule has 2 aliphatic rings. The van der Waals surface area contributed by atoms with Gasteiger partial charge in [-0.1, -0.05) is 54.9 Å². The lowest BCUT2D eigenvalue weighted by Gasteiger charge is -2.25. The van der Waals surface area contributed by atoms with Gasteiger partial charge in [-0.2, -0.15) is 0 Å². The van der Waals surface area contributed by atoms with Crippen LogP contribution in [0.15, 0.2) is 48.5 Å². The highest BCUT2D eigenvalue weighted by molar-refractivity contribution is 6.33. The lowest BCUT2D eigenvalue weighted by molar-refractivity contribution is -0.121. The van der Waals surface area contributed by atoms with Crippen LogP contribution in [0.4, 0.5) is 4.39 Å². The molecule has 2 unspecified atom stereocenters. The summed E-state index contributed by atoms with van der Waals surface area (Å²) in [7, 11) is 0. The maximum absolute atomic E-state index is 14.2. The normalized spacial score (nSPS) is 21.1. The second-order valence-corrected chi connectivity index (χ2v) is 9.56. The van der Waals surface area contributed by atoms with E-state index in [4.69, 9.17) is 11.6 Å². The van der Waals surface area contributed by atoms with E-state index in [0.29, 0.717) is 31.3 Å². The number of hydrogen-bond donors (Lipinski definition) is 1. The van der Waals surface area contributed by atoms with E-state index in [2.05, 4.69) is 22.3 Å². The van der Waals surface area contributed by atoms with Crippen LogP contribution in [0.2, 0.25) is 5.02 Å². The second-order valence-electron chi connectivity index (χ2n) is 9.16. The van der Waals surface area contributed by atoms with Crippen molar-refractivity contribution in [2.45, 2.75) is 32.2 Å². The number of hydrogen-bond acceptors (Lipinski definition) is 3. The predicted molar refractivity (Wildman–Crippen MR) is 128 cm³/mol. The molecule has 2 aliphatic heterocycles. The molecule has 7 heteroatoms. The van der Waals surface area contributed by atoms with E-state index in [9.17, 15) is 14.0 Å². The minimum absolute atomic E-state index is 0.00744. The number of benzene rings is 2. The molecule has 33 heavy (non-hydrogen) atoms. The quantitative estimate of drug-likeness (QED) is 0.615. The van der Waals surface area contributed by atoms with Crippen LogP contribution in [0.5, 0.6) is 0 Å². The van der Waals surface area contributed by atoms with Crippen molar-refractivity contribution in [2.75, 3.05) is 32.7 Å². The largest absolute Gasteiger partial charge is 0.349 e. The SMILES string of the molecule is CCCC(=O)NC(CCN1CC2CN(C(=O)c3c(F)cccc3Cl)C[C@@H]2C1)c1ccccc1. The van der Waals surface area contributed by atoms with Gasteiger partial charge in [0.25, 0.3) is 5.91 Å². The van der Waals surface area contributed by atoms with Gasteiger partial charge in [-0.3, -0.25) is 9.59 Å². The van der Waals surface area contributed by atoms with E-state index < -0.39 is 5.82 Å². The molecule has 4 rings (SSSR count). The number of fused-ring (bicyclic) bond motifs is 1. The smallest absolute Gasteiger partial charge is 0.258 e. The van der Waals surface area contributed by atoms with Gasteiger partial charge < -0.3 is 15.1 Å². The van der Waals surface area contributed by atoms with Crippen LogP contribution < -0.4 is 5.32 Å². The molecular weight excluding hydrogens is 441 g/mol. The molecule has 2 heterocycles. The summed E-state index contributed by atoms with van der Waals surface area (Å²) in [5, 5.41) is 3.36. The average Bonchev–Trinajstić information content (AvgIpc) is 3.36. The first-order chi connectivity index (χ1) is 16.0. The van der Waals surface area contributed by atoms with Gasteiger partial charge in [0.2, 0.25) is 5.91 Å². The predicted octanol–water partition coefficient (Wildman–Crippen LogP) is 4.53. The molecule has 2 aromatic carbocycles. The molecule has 0 spiro atoms. The molecular formula is C26H31ClFN3O2. The maximum Gasteiger partial charge on any atom is 0.258 e. The fourth-order valence-corrected chi connectivity index (χ4v) is 5.36. The molecule has 0 radical (unpaired) electrons. The second kappa shape index (κ2) is 10.7. The monoisotopic (exact) mass is 471 g/mol. The summed E-state index contributed by atoms with van der Waals surface area (Å²) in [6.45, 7) is 5.95. The number of carbonyl (C=O) groups is 2. The van der Waals surface area contributed by atoms with Crippen molar-refractivity contribution in [3.63, 3.8) is 0 Å². The third kappa shape index (κ3) is 5.56. The lowest BCUT2D eigenvalue weighted by Crippen LogP contribution is -2.35. The van der Waals surface area contributed by atoms with E-state index in [1.807, 2.05) is 25.1 Å². The van der Waals surface area contributed by atoms with Gasteiger partial charge >= 0.3 is 0 Å². The van der Waals surface area contributed by atoms with Crippen LogP contribution >= 0.6 is 11.6 Å². The van der Waals surface area contributed by atoms with Gasteiger partial charge in [-0.05, 0) is 42.4 Å². The van der Waals surface area contributed by atoms with Crippen molar-refractivity contribution >= 4 is 23.4 Å². The zero-order valence-corrected chi connectivity index (χ0v) is 19.7. The van der Waals surface area contributed by atoms with E-state index in [0.717, 1.165) is 38.0 Å². The minimum atomic E-state index is -0.566. The highest BCUT2D eigenvalue weighted by atomic mass is 35.5. The third-order valence-electron chi connectivity index (χ3n) is 6.77. The topological polar surface area (TPSA) is 52.7 Å². The van der Waals surface area contributed by atoms with Crippen LogP contribution in [-0.4, -0.2) is 54.3 Å². The van der Waals surface area contributed by atoms with Crippen LogP contribution in [0.3, 0.4) is 0 Å². The van der Waals surface area contributed by atoms with Gasteiger partial charge in [0.15, 0.2) is 0 Å². The van der Waals surface area contributed by atoms with Crippen molar-refractivity contribution in [1.29, 1.82) is 0 Å². The number of likely N-dealkylation sites (tertiary alicyclic amines) is 2. The summed E-state index contributed by atoms with van der Waals surface area (Å²) in [6.07, 6.45) is 2.20. The van der Waals surface area contributed by atoms with E-state index >= 15 is 0 Å². The molecule has 0 aliphatic carbocycles. The highest BCUT2D eigenvalue weighted by Crippen LogP contribution is 2.33. The maximum atomic E-state index is 14.2. The van der Waals surface area contributed by atoms with E-state index in [1.54, 1.807) is 11.0 Å². The Kier molecular flexibility index (Phi) is 7.66. The molecule has 0 saturated carbocycles. The number of halogens is 2. The number of rotatable bonds is 8. The summed E-state index contributed by atoms with van der Waals surface area (Å²) in [5.74, 6) is -0.0376. The zero-order valence-electron chi connectivity index (χ0n) is 19.0. The minimum Gasteiger partial charge on any atom is -0.349 e. The zero-order chi connectivity index (χ0) is 23.4. The van der Waals surface area contributed by atoms with Gasteiger partial charge in [0, 0.05) is 39.1 Å². The summed E-state index contributed by atoms with van der Waals surface area (Å²) in [5.41, 5.74) is 1.10. The Balaban J connectivity index is 1.33. The van der Waals surface area contributed by atoms with Crippen LogP contribution in [0.25, 0.3) is 0 Å². The molecule has 5 nitrogen and oxygen atoms in total. The van der Waals surface area contributed by atoms with Crippen molar-refractivity contribution < 1.29 is 14.0 Å².